The molecule has 0 atom stereocenters. The lowest BCUT2D eigenvalue weighted by Gasteiger charge is -2.17. The first-order valence-corrected chi connectivity index (χ1v) is 9.39. The Kier molecular flexibility index (Phi) is 4.60. The summed E-state index contributed by atoms with van der Waals surface area (Å²) in [5.74, 6) is 0.799. The quantitative estimate of drug-likeness (QED) is 0.513. The average molecular weight is 374 g/mol. The third-order valence-electron chi connectivity index (χ3n) is 4.56. The summed E-state index contributed by atoms with van der Waals surface area (Å²) in [6, 6.07) is 17.7. The Labute approximate surface area is 161 Å². The van der Waals surface area contributed by atoms with Crippen LogP contribution in [0, 0.1) is 0 Å². The van der Waals surface area contributed by atoms with Crippen LogP contribution < -0.4 is 10.3 Å². The summed E-state index contributed by atoms with van der Waals surface area (Å²) in [4.78, 5) is 18.1. The van der Waals surface area contributed by atoms with Crippen molar-refractivity contribution in [2.24, 2.45) is 7.05 Å². The molecule has 0 fully saturated rings. The van der Waals surface area contributed by atoms with Crippen molar-refractivity contribution in [2.45, 2.75) is 0 Å². The van der Waals surface area contributed by atoms with E-state index in [0.29, 0.717) is 5.56 Å². The van der Waals surface area contributed by atoms with Crippen LogP contribution in [0.1, 0.15) is 0 Å². The molecule has 0 N–H and O–H groups in total. The van der Waals surface area contributed by atoms with Crippen molar-refractivity contribution in [3.8, 4) is 38.6 Å². The minimum atomic E-state index is -0.0125. The maximum absolute atomic E-state index is 13.1. The van der Waals surface area contributed by atoms with Gasteiger partial charge in [0.15, 0.2) is 0 Å². The molecule has 0 amide bonds. The zero-order chi connectivity index (χ0) is 18.8. The average Bonchev–Trinajstić information content (AvgIpc) is 3.25. The van der Waals surface area contributed by atoms with Crippen molar-refractivity contribution >= 4 is 11.3 Å². The molecule has 0 radical (unpaired) electrons. The third kappa shape index (κ3) is 3.17. The normalized spacial score (nSPS) is 10.7. The summed E-state index contributed by atoms with van der Waals surface area (Å²) >= 11 is 1.57. The lowest BCUT2D eigenvalue weighted by Crippen LogP contribution is -2.21. The number of ether oxygens (including phenoxy) is 1. The second-order valence-corrected chi connectivity index (χ2v) is 7.07. The molecule has 0 saturated carbocycles. The number of benzene rings is 1. The van der Waals surface area contributed by atoms with Gasteiger partial charge < -0.3 is 9.30 Å². The number of aromatic nitrogens is 2. The second-order valence-electron chi connectivity index (χ2n) is 6.13. The number of rotatable bonds is 4. The molecule has 4 rings (SSSR count). The van der Waals surface area contributed by atoms with E-state index < -0.39 is 0 Å². The molecule has 0 saturated heterocycles. The van der Waals surface area contributed by atoms with Crippen molar-refractivity contribution in [3.63, 3.8) is 0 Å². The summed E-state index contributed by atoms with van der Waals surface area (Å²) in [5, 5.41) is 1.98. The van der Waals surface area contributed by atoms with Crippen LogP contribution in [-0.4, -0.2) is 16.7 Å². The Balaban J connectivity index is 2.02. The number of nitrogens with zero attached hydrogens (tertiary/aromatic N) is 2. The van der Waals surface area contributed by atoms with Crippen molar-refractivity contribution in [1.29, 1.82) is 0 Å². The molecule has 0 spiro atoms. The van der Waals surface area contributed by atoms with Gasteiger partial charge in [0.25, 0.3) is 5.56 Å². The molecule has 3 aromatic heterocycles. The molecule has 134 valence electrons. The highest BCUT2D eigenvalue weighted by molar-refractivity contribution is 7.13. The number of methoxy groups -OCH3 is 1. The molecule has 4 aromatic rings. The summed E-state index contributed by atoms with van der Waals surface area (Å²) in [6.45, 7) is 0. The van der Waals surface area contributed by atoms with Crippen LogP contribution in [-0.2, 0) is 7.05 Å². The van der Waals surface area contributed by atoms with Gasteiger partial charge in [-0.2, -0.15) is 0 Å². The van der Waals surface area contributed by atoms with Gasteiger partial charge in [-0.3, -0.25) is 9.78 Å². The fourth-order valence-corrected chi connectivity index (χ4v) is 3.93. The van der Waals surface area contributed by atoms with Gasteiger partial charge in [0, 0.05) is 35.4 Å². The Morgan fingerprint density at radius 1 is 0.963 bits per heavy atom. The molecule has 27 heavy (non-hydrogen) atoms. The van der Waals surface area contributed by atoms with E-state index in [0.717, 1.165) is 33.0 Å². The molecule has 5 heteroatoms. The number of hydrogen-bond acceptors (Lipinski definition) is 4. The predicted octanol–water partition coefficient (Wildman–Crippen LogP) is 4.85. The summed E-state index contributed by atoms with van der Waals surface area (Å²) in [6.07, 6.45) is 3.48. The molecule has 0 aliphatic rings. The molecule has 0 bridgehead atoms. The van der Waals surface area contributed by atoms with E-state index in [1.807, 2.05) is 67.0 Å². The fourth-order valence-electron chi connectivity index (χ4n) is 3.20. The second kappa shape index (κ2) is 7.21. The minimum absolute atomic E-state index is 0.0125. The van der Waals surface area contributed by atoms with Crippen LogP contribution >= 0.6 is 11.3 Å². The molecule has 0 unspecified atom stereocenters. The highest BCUT2D eigenvalue weighted by Gasteiger charge is 2.17. The van der Waals surface area contributed by atoms with E-state index >= 15 is 0 Å². The van der Waals surface area contributed by atoms with Crippen LogP contribution in [0.5, 0.6) is 5.75 Å². The lowest BCUT2D eigenvalue weighted by molar-refractivity contribution is 0.415. The van der Waals surface area contributed by atoms with Crippen LogP contribution in [0.2, 0.25) is 0 Å². The van der Waals surface area contributed by atoms with Gasteiger partial charge in [0.1, 0.15) is 5.75 Å². The number of thiophene rings is 1. The summed E-state index contributed by atoms with van der Waals surface area (Å²) < 4.78 is 7.01. The van der Waals surface area contributed by atoms with Crippen molar-refractivity contribution in [1.82, 2.24) is 9.55 Å². The van der Waals surface area contributed by atoms with Gasteiger partial charge in [-0.1, -0.05) is 18.2 Å². The van der Waals surface area contributed by atoms with E-state index in [4.69, 9.17) is 4.74 Å². The van der Waals surface area contributed by atoms with E-state index in [1.54, 1.807) is 35.4 Å². The highest BCUT2D eigenvalue weighted by Crippen LogP contribution is 2.35. The molecule has 0 aliphatic carbocycles. The topological polar surface area (TPSA) is 44.1 Å². The Morgan fingerprint density at radius 3 is 2.33 bits per heavy atom. The molecular weight excluding hydrogens is 356 g/mol. The molecule has 3 heterocycles. The Morgan fingerprint density at radius 2 is 1.70 bits per heavy atom. The van der Waals surface area contributed by atoms with Gasteiger partial charge in [-0.15, -0.1) is 11.3 Å². The van der Waals surface area contributed by atoms with Crippen molar-refractivity contribution in [2.75, 3.05) is 7.11 Å². The molecule has 4 nitrogen and oxygen atoms in total. The van der Waals surface area contributed by atoms with Crippen molar-refractivity contribution < 1.29 is 4.74 Å². The largest absolute Gasteiger partial charge is 0.497 e. The first-order valence-electron chi connectivity index (χ1n) is 8.52. The molecular formula is C22H18N2O2S. The number of hydrogen-bond donors (Lipinski definition) is 0. The van der Waals surface area contributed by atoms with Gasteiger partial charge in [-0.05, 0) is 47.3 Å². The van der Waals surface area contributed by atoms with E-state index in [2.05, 4.69) is 4.98 Å². The standard InChI is InChI=1S/C22H18N2O2S/c1-24-21(16-9-11-23-12-10-16)18(15-5-7-17(26-2)8-6-15)14-19(22(24)25)20-4-3-13-27-20/h3-14H,1-2H3. The first kappa shape index (κ1) is 17.2. The first-order chi connectivity index (χ1) is 13.2. The monoisotopic (exact) mass is 374 g/mol. The third-order valence-corrected chi connectivity index (χ3v) is 5.46. The van der Waals surface area contributed by atoms with Crippen LogP contribution in [0.3, 0.4) is 0 Å². The van der Waals surface area contributed by atoms with E-state index in [-0.39, 0.29) is 5.56 Å². The van der Waals surface area contributed by atoms with Gasteiger partial charge >= 0.3 is 0 Å². The maximum atomic E-state index is 13.1. The zero-order valence-corrected chi connectivity index (χ0v) is 15.9. The Hall–Kier alpha value is -3.18. The van der Waals surface area contributed by atoms with Crippen molar-refractivity contribution in [3.05, 3.63) is 82.7 Å². The zero-order valence-electron chi connectivity index (χ0n) is 15.0. The fraction of sp³-hybridized carbons (Fsp3) is 0.0909. The van der Waals surface area contributed by atoms with Crippen LogP contribution in [0.4, 0.5) is 0 Å². The highest BCUT2D eigenvalue weighted by atomic mass is 32.1. The summed E-state index contributed by atoms with van der Waals surface area (Å²) in [5.41, 5.74) is 4.53. The minimum Gasteiger partial charge on any atom is -0.497 e. The Bertz CT molecular complexity index is 1120. The van der Waals surface area contributed by atoms with Gasteiger partial charge in [0.2, 0.25) is 0 Å². The van der Waals surface area contributed by atoms with E-state index in [1.165, 1.54) is 0 Å². The predicted molar refractivity (Wildman–Crippen MR) is 110 cm³/mol. The number of pyridine rings is 2. The maximum Gasteiger partial charge on any atom is 0.259 e. The smallest absolute Gasteiger partial charge is 0.259 e. The molecule has 0 aliphatic heterocycles. The van der Waals surface area contributed by atoms with E-state index in [9.17, 15) is 4.79 Å². The summed E-state index contributed by atoms with van der Waals surface area (Å²) in [7, 11) is 3.47. The molecule has 1 aromatic carbocycles. The SMILES string of the molecule is COc1ccc(-c2cc(-c3cccs3)c(=O)n(C)c2-c2ccncc2)cc1. The van der Waals surface area contributed by atoms with Crippen LogP contribution in [0.25, 0.3) is 32.8 Å². The van der Waals surface area contributed by atoms with Gasteiger partial charge in [0.05, 0.1) is 18.4 Å². The lowest BCUT2D eigenvalue weighted by atomic mass is 9.97. The van der Waals surface area contributed by atoms with Crippen LogP contribution in [0.15, 0.2) is 77.2 Å². The van der Waals surface area contributed by atoms with Gasteiger partial charge in [-0.25, -0.2) is 0 Å².